The molecule has 0 aliphatic rings. The number of carboxylic acid groups (broad SMARTS) is 1. The first kappa shape index (κ1) is 19.9. The average molecular weight is 371 g/mol. The Balaban J connectivity index is 2.03. The van der Waals surface area contributed by atoms with Crippen LogP contribution >= 0.6 is 0 Å². The number of nitrogens with one attached hydrogen (secondary N) is 1. The first-order chi connectivity index (χ1) is 12.9. The van der Waals surface area contributed by atoms with Crippen LogP contribution in [-0.2, 0) is 4.79 Å². The van der Waals surface area contributed by atoms with Gasteiger partial charge in [-0.1, -0.05) is 12.1 Å². The zero-order chi connectivity index (χ0) is 19.8. The minimum atomic E-state index is -1.21. The quantitative estimate of drug-likeness (QED) is 0.737. The number of nitrogens with zero attached hydrogens (tertiary/aromatic N) is 2. The first-order valence-electron chi connectivity index (χ1n) is 8.47. The lowest BCUT2D eigenvalue weighted by molar-refractivity contribution is -0.132. The predicted molar refractivity (Wildman–Crippen MR) is 99.0 cm³/mol. The highest BCUT2D eigenvalue weighted by atomic mass is 16.5. The van der Waals surface area contributed by atoms with Crippen molar-refractivity contribution in [3.63, 3.8) is 0 Å². The Bertz CT molecular complexity index is 834. The second-order valence-corrected chi connectivity index (χ2v) is 5.55. The number of hydrogen-bond donors (Lipinski definition) is 2. The van der Waals surface area contributed by atoms with E-state index in [1.165, 1.54) is 18.2 Å². The molecule has 0 aliphatic carbocycles. The van der Waals surface area contributed by atoms with Crippen LogP contribution in [0.25, 0.3) is 0 Å². The lowest BCUT2D eigenvalue weighted by Gasteiger charge is -2.18. The molecule has 0 saturated carbocycles. The van der Waals surface area contributed by atoms with Gasteiger partial charge in [0.15, 0.2) is 6.61 Å². The van der Waals surface area contributed by atoms with Crippen LogP contribution in [0.5, 0.6) is 5.75 Å². The predicted octanol–water partition coefficient (Wildman–Crippen LogP) is 2.28. The van der Waals surface area contributed by atoms with Crippen LogP contribution in [0.4, 0.5) is 5.69 Å². The maximum Gasteiger partial charge on any atom is 0.354 e. The molecule has 8 heteroatoms. The molecule has 1 aromatic carbocycles. The molecule has 1 aromatic heterocycles. The van der Waals surface area contributed by atoms with Crippen LogP contribution in [0, 0.1) is 0 Å². The van der Waals surface area contributed by atoms with Gasteiger partial charge in [0.1, 0.15) is 17.1 Å². The van der Waals surface area contributed by atoms with Crippen molar-refractivity contribution in [2.75, 3.05) is 25.0 Å². The SMILES string of the molecule is CCN(CC)C(=O)COc1cccc(NC(=O)c2cccc(C(=O)O)n2)c1. The number of anilines is 1. The standard InChI is InChI=1S/C19H21N3O5/c1-3-22(4-2)17(23)12-27-14-8-5-7-13(11-14)20-18(24)15-9-6-10-16(21-15)19(25)26/h5-11H,3-4,12H2,1-2H3,(H,20,24)(H,25,26). The molecule has 2 rings (SSSR count). The fourth-order valence-electron chi connectivity index (χ4n) is 2.35. The molecule has 2 N–H and O–H groups in total. The van der Waals surface area contributed by atoms with Crippen molar-refractivity contribution >= 4 is 23.5 Å². The number of carbonyl (C=O) groups is 3. The van der Waals surface area contributed by atoms with Gasteiger partial charge >= 0.3 is 5.97 Å². The molecular weight excluding hydrogens is 350 g/mol. The van der Waals surface area contributed by atoms with Crippen molar-refractivity contribution in [1.82, 2.24) is 9.88 Å². The zero-order valence-electron chi connectivity index (χ0n) is 15.1. The number of ether oxygens (including phenoxy) is 1. The van der Waals surface area contributed by atoms with Gasteiger partial charge in [0.25, 0.3) is 11.8 Å². The molecule has 2 amide bonds. The number of aromatic nitrogens is 1. The van der Waals surface area contributed by atoms with Crippen molar-refractivity contribution in [2.24, 2.45) is 0 Å². The topological polar surface area (TPSA) is 109 Å². The van der Waals surface area contributed by atoms with Crippen molar-refractivity contribution in [3.05, 3.63) is 53.9 Å². The summed E-state index contributed by atoms with van der Waals surface area (Å²) in [6.45, 7) is 4.91. The number of pyridine rings is 1. The Kier molecular flexibility index (Phi) is 6.87. The summed E-state index contributed by atoms with van der Waals surface area (Å²) in [5, 5.41) is 11.6. The Labute approximate surface area is 156 Å². The first-order valence-corrected chi connectivity index (χ1v) is 8.47. The van der Waals surface area contributed by atoms with E-state index >= 15 is 0 Å². The molecule has 0 radical (unpaired) electrons. The third-order valence-electron chi connectivity index (χ3n) is 3.77. The van der Waals surface area contributed by atoms with Gasteiger partial charge < -0.3 is 20.1 Å². The summed E-state index contributed by atoms with van der Waals surface area (Å²) in [6.07, 6.45) is 0. The summed E-state index contributed by atoms with van der Waals surface area (Å²) in [5.74, 6) is -1.45. The van der Waals surface area contributed by atoms with Crippen molar-refractivity contribution in [3.8, 4) is 5.75 Å². The summed E-state index contributed by atoms with van der Waals surface area (Å²) >= 11 is 0. The average Bonchev–Trinajstić information content (AvgIpc) is 2.67. The van der Waals surface area contributed by atoms with Crippen LogP contribution in [0.1, 0.15) is 34.8 Å². The van der Waals surface area contributed by atoms with Gasteiger partial charge in [-0.25, -0.2) is 9.78 Å². The molecule has 0 saturated heterocycles. The molecule has 1 heterocycles. The Hall–Kier alpha value is -3.42. The molecule has 27 heavy (non-hydrogen) atoms. The molecule has 142 valence electrons. The molecule has 0 unspecified atom stereocenters. The summed E-state index contributed by atoms with van der Waals surface area (Å²) in [6, 6.07) is 10.8. The van der Waals surface area contributed by atoms with E-state index in [0.29, 0.717) is 24.5 Å². The monoisotopic (exact) mass is 371 g/mol. The fourth-order valence-corrected chi connectivity index (χ4v) is 2.35. The van der Waals surface area contributed by atoms with Gasteiger partial charge in [-0.15, -0.1) is 0 Å². The second-order valence-electron chi connectivity index (χ2n) is 5.55. The number of hydrogen-bond acceptors (Lipinski definition) is 5. The van der Waals surface area contributed by atoms with Crippen molar-refractivity contribution in [2.45, 2.75) is 13.8 Å². The Morgan fingerprint density at radius 2 is 1.74 bits per heavy atom. The molecular formula is C19H21N3O5. The minimum absolute atomic E-state index is 0.0158. The highest BCUT2D eigenvalue weighted by Crippen LogP contribution is 2.18. The maximum atomic E-state index is 12.3. The normalized spacial score (nSPS) is 10.1. The Morgan fingerprint density at radius 1 is 1.07 bits per heavy atom. The molecule has 0 fully saturated rings. The number of likely N-dealkylation sites (N-methyl/N-ethyl adjacent to an activating group) is 1. The van der Waals surface area contributed by atoms with Gasteiger partial charge in [0.2, 0.25) is 0 Å². The summed E-state index contributed by atoms with van der Waals surface area (Å²) in [5.41, 5.74) is 0.211. The zero-order valence-corrected chi connectivity index (χ0v) is 15.1. The van der Waals surface area contributed by atoms with E-state index in [0.717, 1.165) is 0 Å². The number of carboxylic acids is 1. The van der Waals surface area contributed by atoms with Crippen LogP contribution in [0.3, 0.4) is 0 Å². The smallest absolute Gasteiger partial charge is 0.354 e. The number of rotatable bonds is 8. The van der Waals surface area contributed by atoms with Crippen molar-refractivity contribution in [1.29, 1.82) is 0 Å². The highest BCUT2D eigenvalue weighted by molar-refractivity contribution is 6.03. The third-order valence-corrected chi connectivity index (χ3v) is 3.77. The van der Waals surface area contributed by atoms with Gasteiger partial charge in [0, 0.05) is 24.8 Å². The number of benzene rings is 1. The summed E-state index contributed by atoms with van der Waals surface area (Å²) < 4.78 is 5.50. The number of aromatic carboxylic acids is 1. The van der Waals surface area contributed by atoms with Gasteiger partial charge in [-0.05, 0) is 38.1 Å². The van der Waals surface area contributed by atoms with E-state index in [9.17, 15) is 14.4 Å². The maximum absolute atomic E-state index is 12.3. The molecule has 0 spiro atoms. The van der Waals surface area contributed by atoms with Crippen LogP contribution in [0.15, 0.2) is 42.5 Å². The number of amides is 2. The van der Waals surface area contributed by atoms with E-state index < -0.39 is 11.9 Å². The van der Waals surface area contributed by atoms with E-state index in [1.807, 2.05) is 13.8 Å². The van der Waals surface area contributed by atoms with Gasteiger partial charge in [-0.3, -0.25) is 9.59 Å². The molecule has 2 aromatic rings. The van der Waals surface area contributed by atoms with Crippen LogP contribution < -0.4 is 10.1 Å². The summed E-state index contributed by atoms with van der Waals surface area (Å²) in [4.78, 5) is 40.7. The lowest BCUT2D eigenvalue weighted by atomic mass is 10.2. The van der Waals surface area contributed by atoms with E-state index in [4.69, 9.17) is 9.84 Å². The molecule has 0 aliphatic heterocycles. The highest BCUT2D eigenvalue weighted by Gasteiger charge is 2.13. The second kappa shape index (κ2) is 9.33. The van der Waals surface area contributed by atoms with Crippen LogP contribution in [-0.4, -0.2) is 52.5 Å². The van der Waals surface area contributed by atoms with Gasteiger partial charge in [0.05, 0.1) is 0 Å². The van der Waals surface area contributed by atoms with E-state index in [1.54, 1.807) is 29.2 Å². The minimum Gasteiger partial charge on any atom is -0.484 e. The molecule has 0 bridgehead atoms. The largest absolute Gasteiger partial charge is 0.484 e. The van der Waals surface area contributed by atoms with E-state index in [-0.39, 0.29) is 23.9 Å². The molecule has 8 nitrogen and oxygen atoms in total. The Morgan fingerprint density at radius 3 is 2.41 bits per heavy atom. The van der Waals surface area contributed by atoms with Gasteiger partial charge in [-0.2, -0.15) is 0 Å². The summed E-state index contributed by atoms with van der Waals surface area (Å²) in [7, 11) is 0. The third kappa shape index (κ3) is 5.53. The van der Waals surface area contributed by atoms with E-state index in [2.05, 4.69) is 10.3 Å². The van der Waals surface area contributed by atoms with Crippen LogP contribution in [0.2, 0.25) is 0 Å². The molecule has 0 atom stereocenters. The lowest BCUT2D eigenvalue weighted by Crippen LogP contribution is -2.34. The number of carbonyl (C=O) groups excluding carboxylic acids is 2. The fraction of sp³-hybridized carbons (Fsp3) is 0.263. The van der Waals surface area contributed by atoms with Crippen molar-refractivity contribution < 1.29 is 24.2 Å².